The molecule has 5 nitrogen and oxygen atoms in total. The number of nitrogens with one attached hydrogen (secondary N) is 1. The highest BCUT2D eigenvalue weighted by Crippen LogP contribution is 2.24. The second-order valence-corrected chi connectivity index (χ2v) is 8.64. The summed E-state index contributed by atoms with van der Waals surface area (Å²) in [6.07, 6.45) is 0.801. The molecule has 0 spiro atoms. The molecule has 0 aromatic heterocycles. The number of carbonyl (C=O) groups is 2. The molecule has 1 N–H and O–H groups in total. The third-order valence-electron chi connectivity index (χ3n) is 5.19. The summed E-state index contributed by atoms with van der Waals surface area (Å²) in [5.74, 6) is 0.136. The van der Waals surface area contributed by atoms with Gasteiger partial charge in [-0.1, -0.05) is 53.9 Å². The van der Waals surface area contributed by atoms with Crippen LogP contribution in [0.2, 0.25) is 10.0 Å². The van der Waals surface area contributed by atoms with Crippen molar-refractivity contribution in [1.82, 2.24) is 10.2 Å². The van der Waals surface area contributed by atoms with Gasteiger partial charge in [0.1, 0.15) is 11.8 Å². The molecule has 7 heteroatoms. The predicted molar refractivity (Wildman–Crippen MR) is 126 cm³/mol. The van der Waals surface area contributed by atoms with Crippen LogP contribution >= 0.6 is 23.2 Å². The van der Waals surface area contributed by atoms with E-state index in [0.29, 0.717) is 15.8 Å². The molecule has 168 valence electrons. The molecular formula is C24H30Cl2N2O3. The molecule has 2 atom stereocenters. The van der Waals surface area contributed by atoms with Crippen LogP contribution in [0.25, 0.3) is 0 Å². The Morgan fingerprint density at radius 2 is 1.77 bits per heavy atom. The number of ether oxygens (including phenoxy) is 1. The van der Waals surface area contributed by atoms with E-state index in [-0.39, 0.29) is 31.0 Å². The van der Waals surface area contributed by atoms with Crippen LogP contribution < -0.4 is 10.1 Å². The molecule has 0 aliphatic carbocycles. The highest BCUT2D eigenvalue weighted by atomic mass is 35.5. The summed E-state index contributed by atoms with van der Waals surface area (Å²) >= 11 is 12.2. The van der Waals surface area contributed by atoms with Gasteiger partial charge in [-0.15, -0.1) is 0 Å². The van der Waals surface area contributed by atoms with Gasteiger partial charge in [0.15, 0.2) is 6.61 Å². The minimum atomic E-state index is -0.682. The van der Waals surface area contributed by atoms with Crippen molar-refractivity contribution >= 4 is 35.0 Å². The maximum absolute atomic E-state index is 13.1. The van der Waals surface area contributed by atoms with E-state index < -0.39 is 6.04 Å². The van der Waals surface area contributed by atoms with Crippen molar-refractivity contribution in [3.05, 3.63) is 63.1 Å². The number of carbonyl (C=O) groups excluding carboxylic acids is 2. The van der Waals surface area contributed by atoms with Gasteiger partial charge in [-0.2, -0.15) is 0 Å². The van der Waals surface area contributed by atoms with Crippen molar-refractivity contribution in [2.75, 3.05) is 6.61 Å². The van der Waals surface area contributed by atoms with E-state index in [1.807, 2.05) is 45.9 Å². The van der Waals surface area contributed by atoms with Gasteiger partial charge >= 0.3 is 0 Å². The van der Waals surface area contributed by atoms with Crippen molar-refractivity contribution < 1.29 is 14.3 Å². The summed E-state index contributed by atoms with van der Waals surface area (Å²) in [6.45, 7) is 9.60. The lowest BCUT2D eigenvalue weighted by molar-refractivity contribution is -0.142. The molecule has 2 amide bonds. The van der Waals surface area contributed by atoms with Gasteiger partial charge < -0.3 is 15.0 Å². The standard InChI is InChI=1S/C24H30Cl2N2O3/c1-6-17(4)27-24(30)18(5)28(13-19-8-9-20(25)21(26)12-19)23(29)14-31-22-10-7-15(2)11-16(22)3/h7-12,17-18H,6,13-14H2,1-5H3,(H,27,30)/t17-,18-/m1/s1. The van der Waals surface area contributed by atoms with Crippen molar-refractivity contribution in [2.45, 2.75) is 59.7 Å². The fourth-order valence-electron chi connectivity index (χ4n) is 3.07. The van der Waals surface area contributed by atoms with Crippen LogP contribution in [0, 0.1) is 13.8 Å². The zero-order chi connectivity index (χ0) is 23.1. The van der Waals surface area contributed by atoms with Crippen LogP contribution in [0.1, 0.15) is 43.9 Å². The third kappa shape index (κ3) is 7.15. The van der Waals surface area contributed by atoms with Crippen LogP contribution in [0.3, 0.4) is 0 Å². The van der Waals surface area contributed by atoms with Gasteiger partial charge in [0, 0.05) is 12.6 Å². The molecule has 2 aromatic rings. The smallest absolute Gasteiger partial charge is 0.261 e. The minimum absolute atomic E-state index is 0.0170. The molecule has 31 heavy (non-hydrogen) atoms. The fourth-order valence-corrected chi connectivity index (χ4v) is 3.39. The Kier molecular flexibility index (Phi) is 9.20. The monoisotopic (exact) mass is 464 g/mol. The molecule has 0 fully saturated rings. The molecular weight excluding hydrogens is 435 g/mol. The third-order valence-corrected chi connectivity index (χ3v) is 5.93. The number of benzene rings is 2. The Balaban J connectivity index is 2.20. The molecule has 2 rings (SSSR count). The van der Waals surface area contributed by atoms with E-state index in [0.717, 1.165) is 23.1 Å². The first-order chi connectivity index (χ1) is 14.6. The number of aryl methyl sites for hydroxylation is 2. The van der Waals surface area contributed by atoms with Crippen LogP contribution in [-0.4, -0.2) is 35.4 Å². The first-order valence-electron chi connectivity index (χ1n) is 10.4. The Morgan fingerprint density at radius 1 is 1.06 bits per heavy atom. The average Bonchev–Trinajstić information content (AvgIpc) is 2.72. The lowest BCUT2D eigenvalue weighted by atomic mass is 10.1. The van der Waals surface area contributed by atoms with Crippen LogP contribution in [0.5, 0.6) is 5.75 Å². The van der Waals surface area contributed by atoms with Crippen LogP contribution in [0.15, 0.2) is 36.4 Å². The summed E-state index contributed by atoms with van der Waals surface area (Å²) in [5.41, 5.74) is 2.84. The lowest BCUT2D eigenvalue weighted by Crippen LogP contribution is -2.50. The van der Waals surface area contributed by atoms with Crippen molar-refractivity contribution in [1.29, 1.82) is 0 Å². The topological polar surface area (TPSA) is 58.6 Å². The first-order valence-corrected chi connectivity index (χ1v) is 11.1. The van der Waals surface area contributed by atoms with E-state index >= 15 is 0 Å². The predicted octanol–water partition coefficient (Wildman–Crippen LogP) is 5.32. The van der Waals surface area contributed by atoms with Crippen molar-refractivity contribution in [3.8, 4) is 5.75 Å². The Labute approximate surface area is 194 Å². The summed E-state index contributed by atoms with van der Waals surface area (Å²) in [6, 6.07) is 10.3. The minimum Gasteiger partial charge on any atom is -0.483 e. The quantitative estimate of drug-likeness (QED) is 0.545. The zero-order valence-corrected chi connectivity index (χ0v) is 20.2. The summed E-state index contributed by atoms with van der Waals surface area (Å²) in [5, 5.41) is 3.77. The van der Waals surface area contributed by atoms with Gasteiger partial charge in [0.25, 0.3) is 5.91 Å². The second kappa shape index (κ2) is 11.4. The fraction of sp³-hybridized carbons (Fsp3) is 0.417. The number of halogens is 2. The zero-order valence-electron chi connectivity index (χ0n) is 18.7. The first kappa shape index (κ1) is 25.0. The maximum atomic E-state index is 13.1. The maximum Gasteiger partial charge on any atom is 0.261 e. The van der Waals surface area contributed by atoms with E-state index in [1.165, 1.54) is 4.90 Å². The van der Waals surface area contributed by atoms with E-state index in [2.05, 4.69) is 5.32 Å². The highest BCUT2D eigenvalue weighted by Gasteiger charge is 2.27. The van der Waals surface area contributed by atoms with Gasteiger partial charge in [-0.3, -0.25) is 9.59 Å². The Bertz CT molecular complexity index is 933. The number of hydrogen-bond donors (Lipinski definition) is 1. The van der Waals surface area contributed by atoms with Crippen LogP contribution in [0.4, 0.5) is 0 Å². The number of rotatable bonds is 9. The molecule has 0 radical (unpaired) electrons. The van der Waals surface area contributed by atoms with E-state index in [1.54, 1.807) is 25.1 Å². The highest BCUT2D eigenvalue weighted by molar-refractivity contribution is 6.42. The molecule has 0 bridgehead atoms. The largest absolute Gasteiger partial charge is 0.483 e. The van der Waals surface area contributed by atoms with Gasteiger partial charge in [0.2, 0.25) is 5.91 Å². The number of hydrogen-bond acceptors (Lipinski definition) is 3. The molecule has 0 unspecified atom stereocenters. The molecule has 0 saturated carbocycles. The molecule has 2 aromatic carbocycles. The van der Waals surface area contributed by atoms with Gasteiger partial charge in [-0.05, 0) is 63.4 Å². The normalized spacial score (nSPS) is 12.7. The Morgan fingerprint density at radius 3 is 2.39 bits per heavy atom. The molecule has 0 aliphatic heterocycles. The Hall–Kier alpha value is -2.24. The van der Waals surface area contributed by atoms with Crippen molar-refractivity contribution in [2.24, 2.45) is 0 Å². The van der Waals surface area contributed by atoms with Gasteiger partial charge in [0.05, 0.1) is 10.0 Å². The SMILES string of the molecule is CC[C@@H](C)NC(=O)[C@@H](C)N(Cc1ccc(Cl)c(Cl)c1)C(=O)COc1ccc(C)cc1C. The van der Waals surface area contributed by atoms with Crippen LogP contribution in [-0.2, 0) is 16.1 Å². The van der Waals surface area contributed by atoms with E-state index in [4.69, 9.17) is 27.9 Å². The van der Waals surface area contributed by atoms with Gasteiger partial charge in [-0.25, -0.2) is 0 Å². The van der Waals surface area contributed by atoms with Crippen molar-refractivity contribution in [3.63, 3.8) is 0 Å². The second-order valence-electron chi connectivity index (χ2n) is 7.82. The van der Waals surface area contributed by atoms with E-state index in [9.17, 15) is 9.59 Å². The molecule has 0 heterocycles. The lowest BCUT2D eigenvalue weighted by Gasteiger charge is -2.29. The number of nitrogens with zero attached hydrogens (tertiary/aromatic N) is 1. The summed E-state index contributed by atoms with van der Waals surface area (Å²) in [4.78, 5) is 27.4. The molecule has 0 saturated heterocycles. The summed E-state index contributed by atoms with van der Waals surface area (Å²) in [7, 11) is 0. The number of amides is 2. The summed E-state index contributed by atoms with van der Waals surface area (Å²) < 4.78 is 5.78. The average molecular weight is 465 g/mol. The molecule has 0 aliphatic rings.